The zero-order valence-electron chi connectivity index (χ0n) is 10.9. The van der Waals surface area contributed by atoms with Gasteiger partial charge in [0, 0.05) is 6.04 Å². The van der Waals surface area contributed by atoms with Crippen LogP contribution in [0.1, 0.15) is 33.1 Å². The van der Waals surface area contributed by atoms with Gasteiger partial charge in [0.1, 0.15) is 6.61 Å². The monoisotopic (exact) mass is 255 g/mol. The Morgan fingerprint density at radius 3 is 2.67 bits per heavy atom. The van der Waals surface area contributed by atoms with E-state index in [0.29, 0.717) is 18.3 Å². The number of ether oxygens (including phenoxy) is 1. The van der Waals surface area contributed by atoms with E-state index in [0.717, 1.165) is 12.8 Å². The molecule has 0 saturated heterocycles. The minimum Gasteiger partial charge on any atom is -0.481 e. The van der Waals surface area contributed by atoms with Gasteiger partial charge in [-0.15, -0.1) is 0 Å². The van der Waals surface area contributed by atoms with Gasteiger partial charge in [0.15, 0.2) is 0 Å². The van der Waals surface area contributed by atoms with Crippen LogP contribution < -0.4 is 5.32 Å². The van der Waals surface area contributed by atoms with Gasteiger partial charge in [-0.3, -0.25) is 9.59 Å². The van der Waals surface area contributed by atoms with Crippen molar-refractivity contribution < 1.29 is 19.4 Å². The third kappa shape index (κ3) is 2.83. The minimum atomic E-state index is -0.697. The van der Waals surface area contributed by atoms with Crippen LogP contribution in [0, 0.1) is 17.8 Å². The van der Waals surface area contributed by atoms with Gasteiger partial charge in [-0.25, -0.2) is 0 Å². The topological polar surface area (TPSA) is 75.6 Å². The Hall–Kier alpha value is -1.10. The lowest BCUT2D eigenvalue weighted by molar-refractivity contribution is -0.141. The summed E-state index contributed by atoms with van der Waals surface area (Å²) in [7, 11) is 0. The first kappa shape index (κ1) is 13.3. The van der Waals surface area contributed by atoms with Crippen molar-refractivity contribution in [1.29, 1.82) is 0 Å². The number of aliphatic carboxylic acids is 1. The average Bonchev–Trinajstić information content (AvgIpc) is 2.61. The summed E-state index contributed by atoms with van der Waals surface area (Å²) < 4.78 is 5.24. The van der Waals surface area contributed by atoms with Gasteiger partial charge in [-0.1, -0.05) is 0 Å². The van der Waals surface area contributed by atoms with Crippen LogP contribution in [0.25, 0.3) is 0 Å². The molecule has 0 aromatic heterocycles. The Kier molecular flexibility index (Phi) is 3.90. The quantitative estimate of drug-likeness (QED) is 0.769. The van der Waals surface area contributed by atoms with Gasteiger partial charge in [0.2, 0.25) is 5.91 Å². The van der Waals surface area contributed by atoms with Crippen molar-refractivity contribution in [1.82, 2.24) is 5.32 Å². The molecule has 5 heteroatoms. The first-order chi connectivity index (χ1) is 8.47. The second-order valence-corrected chi connectivity index (χ2v) is 5.70. The molecule has 0 aliphatic heterocycles. The summed E-state index contributed by atoms with van der Waals surface area (Å²) in [6.45, 7) is 3.87. The highest BCUT2D eigenvalue weighted by molar-refractivity contribution is 5.77. The van der Waals surface area contributed by atoms with Crippen LogP contribution >= 0.6 is 0 Å². The number of carboxylic acids is 1. The van der Waals surface area contributed by atoms with Gasteiger partial charge < -0.3 is 15.2 Å². The molecule has 1 amide bonds. The van der Waals surface area contributed by atoms with E-state index < -0.39 is 5.97 Å². The smallest absolute Gasteiger partial charge is 0.306 e. The average molecular weight is 255 g/mol. The molecule has 1 unspecified atom stereocenters. The summed E-state index contributed by atoms with van der Waals surface area (Å²) in [5.41, 5.74) is 0. The summed E-state index contributed by atoms with van der Waals surface area (Å²) in [5, 5.41) is 11.9. The van der Waals surface area contributed by atoms with Gasteiger partial charge >= 0.3 is 5.97 Å². The van der Waals surface area contributed by atoms with Crippen molar-refractivity contribution in [2.45, 2.75) is 45.3 Å². The number of amides is 1. The molecule has 0 bridgehead atoms. The van der Waals surface area contributed by atoms with Crippen molar-refractivity contribution in [3.05, 3.63) is 0 Å². The first-order valence-corrected chi connectivity index (χ1v) is 6.61. The largest absolute Gasteiger partial charge is 0.481 e. The predicted octanol–water partition coefficient (Wildman–Crippen LogP) is 1.03. The van der Waals surface area contributed by atoms with Crippen molar-refractivity contribution in [2.24, 2.45) is 17.8 Å². The number of rotatable bonds is 5. The summed E-state index contributed by atoms with van der Waals surface area (Å²) >= 11 is 0. The number of nitrogens with one attached hydrogen (secondary N) is 1. The lowest BCUT2D eigenvalue weighted by Gasteiger charge is -2.40. The molecule has 0 radical (unpaired) electrons. The van der Waals surface area contributed by atoms with Crippen molar-refractivity contribution in [3.63, 3.8) is 0 Å². The standard InChI is InChI=1S/C13H21NO4/c1-7(2)18-6-12(15)14-11-5-8-3-9(13(16)17)4-10(8)11/h7-11H,3-6H2,1-2H3,(H,14,15)(H,16,17)/t8-,9?,10-,11+/m0/s1. The summed E-state index contributed by atoms with van der Waals surface area (Å²) in [4.78, 5) is 22.5. The molecule has 102 valence electrons. The highest BCUT2D eigenvalue weighted by atomic mass is 16.5. The zero-order valence-corrected chi connectivity index (χ0v) is 10.9. The molecule has 18 heavy (non-hydrogen) atoms. The molecule has 2 aliphatic carbocycles. The summed E-state index contributed by atoms with van der Waals surface area (Å²) in [6, 6.07) is 0.155. The molecular formula is C13H21NO4. The molecule has 2 N–H and O–H groups in total. The van der Waals surface area contributed by atoms with Crippen LogP contribution in [0.5, 0.6) is 0 Å². The summed E-state index contributed by atoms with van der Waals surface area (Å²) in [6.07, 6.45) is 2.44. The molecule has 4 atom stereocenters. The van der Waals surface area contributed by atoms with E-state index in [-0.39, 0.29) is 30.6 Å². The fourth-order valence-corrected chi connectivity index (χ4v) is 3.08. The number of fused-ring (bicyclic) bond motifs is 1. The molecule has 2 saturated carbocycles. The highest BCUT2D eigenvalue weighted by Crippen LogP contribution is 2.49. The Balaban J connectivity index is 1.74. The molecule has 2 aliphatic rings. The molecule has 2 fully saturated rings. The van der Waals surface area contributed by atoms with Crippen molar-refractivity contribution >= 4 is 11.9 Å². The third-order valence-electron chi connectivity index (χ3n) is 4.07. The van der Waals surface area contributed by atoms with E-state index in [1.165, 1.54) is 0 Å². The molecular weight excluding hydrogens is 234 g/mol. The minimum absolute atomic E-state index is 0.0489. The third-order valence-corrected chi connectivity index (χ3v) is 4.07. The van der Waals surface area contributed by atoms with Crippen LogP contribution in [0.3, 0.4) is 0 Å². The van der Waals surface area contributed by atoms with E-state index in [1.54, 1.807) is 0 Å². The predicted molar refractivity (Wildman–Crippen MR) is 65.0 cm³/mol. The molecule has 0 aromatic rings. The van der Waals surface area contributed by atoms with E-state index >= 15 is 0 Å². The second kappa shape index (κ2) is 5.26. The lowest BCUT2D eigenvalue weighted by atomic mass is 9.71. The number of hydrogen-bond acceptors (Lipinski definition) is 3. The highest BCUT2D eigenvalue weighted by Gasteiger charge is 2.49. The summed E-state index contributed by atoms with van der Waals surface area (Å²) in [5.74, 6) is -0.158. The van der Waals surface area contributed by atoms with Gasteiger partial charge in [0.05, 0.1) is 12.0 Å². The Bertz CT molecular complexity index is 342. The van der Waals surface area contributed by atoms with Crippen LogP contribution in [-0.2, 0) is 14.3 Å². The fraction of sp³-hybridized carbons (Fsp3) is 0.846. The second-order valence-electron chi connectivity index (χ2n) is 5.70. The Labute approximate surface area is 107 Å². The van der Waals surface area contributed by atoms with E-state index in [4.69, 9.17) is 9.84 Å². The van der Waals surface area contributed by atoms with E-state index in [2.05, 4.69) is 5.32 Å². The SMILES string of the molecule is CC(C)OCC(=O)N[C@@H]1C[C@@H]2CC(C(=O)O)C[C@@H]21. The van der Waals surface area contributed by atoms with Crippen LogP contribution in [0.4, 0.5) is 0 Å². The zero-order chi connectivity index (χ0) is 13.3. The maximum atomic E-state index is 11.6. The molecule has 0 spiro atoms. The van der Waals surface area contributed by atoms with Crippen LogP contribution in [-0.4, -0.2) is 35.7 Å². The first-order valence-electron chi connectivity index (χ1n) is 6.61. The van der Waals surface area contributed by atoms with Crippen molar-refractivity contribution in [3.8, 4) is 0 Å². The van der Waals surface area contributed by atoms with E-state index in [9.17, 15) is 9.59 Å². The van der Waals surface area contributed by atoms with E-state index in [1.807, 2.05) is 13.8 Å². The molecule has 0 aromatic carbocycles. The molecule has 2 rings (SSSR count). The maximum absolute atomic E-state index is 11.6. The Morgan fingerprint density at radius 1 is 1.33 bits per heavy atom. The maximum Gasteiger partial charge on any atom is 0.306 e. The Morgan fingerprint density at radius 2 is 2.06 bits per heavy atom. The van der Waals surface area contributed by atoms with Crippen molar-refractivity contribution in [2.75, 3.05) is 6.61 Å². The van der Waals surface area contributed by atoms with Gasteiger partial charge in [-0.05, 0) is 44.9 Å². The number of carbonyl (C=O) groups excluding carboxylic acids is 1. The normalized spacial score (nSPS) is 33.9. The molecule has 5 nitrogen and oxygen atoms in total. The van der Waals surface area contributed by atoms with Crippen LogP contribution in [0.2, 0.25) is 0 Å². The number of carboxylic acid groups (broad SMARTS) is 1. The van der Waals surface area contributed by atoms with Gasteiger partial charge in [0.25, 0.3) is 0 Å². The fourth-order valence-electron chi connectivity index (χ4n) is 3.08. The van der Waals surface area contributed by atoms with Crippen LogP contribution in [0.15, 0.2) is 0 Å². The molecule has 0 heterocycles. The number of hydrogen-bond donors (Lipinski definition) is 2. The lowest BCUT2D eigenvalue weighted by Crippen LogP contribution is -2.51. The number of carbonyl (C=O) groups is 2. The van der Waals surface area contributed by atoms with Gasteiger partial charge in [-0.2, -0.15) is 0 Å².